The lowest BCUT2D eigenvalue weighted by Gasteiger charge is -2.00. The number of aromatic nitrogens is 2. The molecule has 0 aliphatic heterocycles. The normalized spacial score (nSPS) is 11.2. The maximum absolute atomic E-state index is 11.7. The molecule has 0 bridgehead atoms. The van der Waals surface area contributed by atoms with Crippen LogP contribution in [0.3, 0.4) is 0 Å². The van der Waals surface area contributed by atoms with Crippen LogP contribution in [0.25, 0.3) is 0 Å². The SMILES string of the molecule is Cn1cccn/c1=N/NC(=O)c1ccccc1. The highest BCUT2D eigenvalue weighted by Crippen LogP contribution is 1.96. The van der Waals surface area contributed by atoms with Crippen LogP contribution >= 0.6 is 0 Å². The Morgan fingerprint density at radius 3 is 2.76 bits per heavy atom. The maximum Gasteiger partial charge on any atom is 0.271 e. The number of carbonyl (C=O) groups excluding carboxylic acids is 1. The van der Waals surface area contributed by atoms with E-state index in [0.29, 0.717) is 11.2 Å². The van der Waals surface area contributed by atoms with Crippen LogP contribution in [0.1, 0.15) is 10.4 Å². The number of rotatable bonds is 2. The van der Waals surface area contributed by atoms with Gasteiger partial charge < -0.3 is 4.57 Å². The van der Waals surface area contributed by atoms with Crippen molar-refractivity contribution in [3.63, 3.8) is 0 Å². The molecule has 1 heterocycles. The van der Waals surface area contributed by atoms with Gasteiger partial charge in [-0.1, -0.05) is 18.2 Å². The third-order valence-corrected chi connectivity index (χ3v) is 2.19. The number of hydrogen-bond acceptors (Lipinski definition) is 3. The quantitative estimate of drug-likeness (QED) is 0.768. The fraction of sp³-hybridized carbons (Fsp3) is 0.0833. The maximum atomic E-state index is 11.7. The summed E-state index contributed by atoms with van der Waals surface area (Å²) in [5.74, 6) is -0.253. The van der Waals surface area contributed by atoms with Crippen molar-refractivity contribution >= 4 is 5.91 Å². The van der Waals surface area contributed by atoms with E-state index in [9.17, 15) is 4.79 Å². The Labute approximate surface area is 98.4 Å². The molecule has 0 saturated heterocycles. The molecule has 0 spiro atoms. The van der Waals surface area contributed by atoms with E-state index in [4.69, 9.17) is 0 Å². The molecule has 1 aromatic heterocycles. The number of nitrogens with one attached hydrogen (secondary N) is 1. The lowest BCUT2D eigenvalue weighted by Crippen LogP contribution is -2.27. The number of hydrogen-bond donors (Lipinski definition) is 1. The van der Waals surface area contributed by atoms with E-state index < -0.39 is 0 Å². The molecule has 1 N–H and O–H groups in total. The summed E-state index contributed by atoms with van der Waals surface area (Å²) in [7, 11) is 1.81. The van der Waals surface area contributed by atoms with Gasteiger partial charge in [-0.05, 0) is 18.2 Å². The average Bonchev–Trinajstić information content (AvgIpc) is 2.38. The van der Waals surface area contributed by atoms with Gasteiger partial charge in [-0.2, -0.15) is 0 Å². The minimum Gasteiger partial charge on any atom is -0.319 e. The standard InChI is InChI=1S/C12H12N4O/c1-16-9-5-8-13-12(16)15-14-11(17)10-6-3-2-4-7-10/h2-9H,1H3,(H,14,17)/b15-12-. The van der Waals surface area contributed by atoms with E-state index >= 15 is 0 Å². The van der Waals surface area contributed by atoms with E-state index in [-0.39, 0.29) is 5.91 Å². The van der Waals surface area contributed by atoms with Crippen molar-refractivity contribution in [3.8, 4) is 0 Å². The Morgan fingerprint density at radius 2 is 2.06 bits per heavy atom. The first-order valence-corrected chi connectivity index (χ1v) is 5.14. The summed E-state index contributed by atoms with van der Waals surface area (Å²) in [6.45, 7) is 0. The van der Waals surface area contributed by atoms with Gasteiger partial charge in [0.25, 0.3) is 5.91 Å². The van der Waals surface area contributed by atoms with Gasteiger partial charge in [-0.25, -0.2) is 10.4 Å². The Bertz CT molecular complexity index is 574. The van der Waals surface area contributed by atoms with Crippen LogP contribution in [0.4, 0.5) is 0 Å². The summed E-state index contributed by atoms with van der Waals surface area (Å²) in [5, 5.41) is 3.93. The second kappa shape index (κ2) is 5.07. The minimum absolute atomic E-state index is 0.253. The molecule has 0 unspecified atom stereocenters. The third-order valence-electron chi connectivity index (χ3n) is 2.19. The topological polar surface area (TPSA) is 59.3 Å². The highest BCUT2D eigenvalue weighted by atomic mass is 16.2. The van der Waals surface area contributed by atoms with E-state index in [0.717, 1.165) is 0 Å². The number of benzene rings is 1. The van der Waals surface area contributed by atoms with Gasteiger partial charge in [0.05, 0.1) is 0 Å². The molecule has 0 fully saturated rings. The van der Waals surface area contributed by atoms with Gasteiger partial charge in [-0.15, -0.1) is 5.10 Å². The third kappa shape index (κ3) is 2.78. The van der Waals surface area contributed by atoms with E-state index in [1.54, 1.807) is 54.3 Å². The minimum atomic E-state index is -0.253. The molecule has 0 radical (unpaired) electrons. The average molecular weight is 228 g/mol. The van der Waals surface area contributed by atoms with Crippen molar-refractivity contribution in [1.29, 1.82) is 0 Å². The summed E-state index contributed by atoms with van der Waals surface area (Å²) >= 11 is 0. The number of carbonyl (C=O) groups is 1. The molecule has 5 heteroatoms. The Kier molecular flexibility index (Phi) is 3.30. The molecular formula is C12H12N4O. The molecule has 1 amide bonds. The van der Waals surface area contributed by atoms with Crippen LogP contribution in [0, 0.1) is 0 Å². The predicted octanol–water partition coefficient (Wildman–Crippen LogP) is 0.666. The number of aryl methyl sites for hydroxylation is 1. The molecule has 2 aromatic rings. The van der Waals surface area contributed by atoms with Crippen LogP contribution in [-0.2, 0) is 7.05 Å². The predicted molar refractivity (Wildman–Crippen MR) is 62.7 cm³/mol. The van der Waals surface area contributed by atoms with Crippen molar-refractivity contribution in [2.45, 2.75) is 0 Å². The summed E-state index contributed by atoms with van der Waals surface area (Å²) in [5.41, 5.74) is 3.46. The lowest BCUT2D eigenvalue weighted by atomic mass is 10.2. The van der Waals surface area contributed by atoms with Gasteiger partial charge in [0, 0.05) is 25.0 Å². The largest absolute Gasteiger partial charge is 0.319 e. The van der Waals surface area contributed by atoms with Crippen molar-refractivity contribution in [2.24, 2.45) is 12.1 Å². The Hall–Kier alpha value is -2.43. The molecule has 1 aromatic carbocycles. The second-order valence-corrected chi connectivity index (χ2v) is 3.45. The first-order chi connectivity index (χ1) is 8.27. The first kappa shape index (κ1) is 11.1. The number of amides is 1. The summed E-state index contributed by atoms with van der Waals surface area (Å²) in [6, 6.07) is 10.7. The van der Waals surface area contributed by atoms with Gasteiger partial charge in [0.15, 0.2) is 0 Å². The molecule has 5 nitrogen and oxygen atoms in total. The summed E-state index contributed by atoms with van der Waals surface area (Å²) in [4.78, 5) is 15.7. The molecule has 0 aliphatic rings. The lowest BCUT2D eigenvalue weighted by molar-refractivity contribution is 0.0952. The summed E-state index contributed by atoms with van der Waals surface area (Å²) in [6.07, 6.45) is 3.42. The van der Waals surface area contributed by atoms with Crippen molar-refractivity contribution in [1.82, 2.24) is 15.0 Å². The van der Waals surface area contributed by atoms with Gasteiger partial charge in [-0.3, -0.25) is 4.79 Å². The fourth-order valence-corrected chi connectivity index (χ4v) is 1.30. The molecule has 86 valence electrons. The Morgan fingerprint density at radius 1 is 1.29 bits per heavy atom. The van der Waals surface area contributed by atoms with Crippen LogP contribution in [0.2, 0.25) is 0 Å². The van der Waals surface area contributed by atoms with Crippen LogP contribution in [0.15, 0.2) is 53.9 Å². The molecule has 0 saturated carbocycles. The zero-order chi connectivity index (χ0) is 12.1. The van der Waals surface area contributed by atoms with Gasteiger partial charge in [0.1, 0.15) is 0 Å². The van der Waals surface area contributed by atoms with Crippen molar-refractivity contribution < 1.29 is 4.79 Å². The monoisotopic (exact) mass is 228 g/mol. The Balaban J connectivity index is 2.17. The van der Waals surface area contributed by atoms with Crippen LogP contribution in [-0.4, -0.2) is 15.5 Å². The molecule has 17 heavy (non-hydrogen) atoms. The number of nitrogens with zero attached hydrogens (tertiary/aromatic N) is 3. The van der Waals surface area contributed by atoms with Crippen molar-refractivity contribution in [3.05, 3.63) is 60.0 Å². The van der Waals surface area contributed by atoms with Gasteiger partial charge >= 0.3 is 0 Å². The summed E-state index contributed by atoms with van der Waals surface area (Å²) < 4.78 is 1.71. The van der Waals surface area contributed by atoms with E-state index in [1.807, 2.05) is 6.07 Å². The fourth-order valence-electron chi connectivity index (χ4n) is 1.30. The first-order valence-electron chi connectivity index (χ1n) is 5.14. The van der Waals surface area contributed by atoms with Crippen LogP contribution in [0.5, 0.6) is 0 Å². The highest BCUT2D eigenvalue weighted by molar-refractivity contribution is 5.93. The second-order valence-electron chi connectivity index (χ2n) is 3.45. The molecule has 0 atom stereocenters. The van der Waals surface area contributed by atoms with Crippen molar-refractivity contribution in [2.75, 3.05) is 0 Å². The van der Waals surface area contributed by atoms with Crippen LogP contribution < -0.4 is 11.0 Å². The van der Waals surface area contributed by atoms with Gasteiger partial charge in [0.2, 0.25) is 5.62 Å². The zero-order valence-electron chi connectivity index (χ0n) is 9.37. The molecule has 2 rings (SSSR count). The van der Waals surface area contributed by atoms with E-state index in [2.05, 4.69) is 15.5 Å². The zero-order valence-corrected chi connectivity index (χ0v) is 9.37. The smallest absolute Gasteiger partial charge is 0.271 e. The molecular weight excluding hydrogens is 216 g/mol. The van der Waals surface area contributed by atoms with E-state index in [1.165, 1.54) is 0 Å². The highest BCUT2D eigenvalue weighted by Gasteiger charge is 2.01. The molecule has 0 aliphatic carbocycles.